The fraction of sp³-hybridized carbons (Fsp3) is 0.167. The van der Waals surface area contributed by atoms with Crippen LogP contribution in [0.25, 0.3) is 5.70 Å². The van der Waals surface area contributed by atoms with Crippen LogP contribution in [0.2, 0.25) is 5.02 Å². The third-order valence-electron chi connectivity index (χ3n) is 3.51. The van der Waals surface area contributed by atoms with Crippen molar-refractivity contribution in [1.82, 2.24) is 5.32 Å². The van der Waals surface area contributed by atoms with Gasteiger partial charge in [0.1, 0.15) is 5.75 Å². The molecule has 0 fully saturated rings. The van der Waals surface area contributed by atoms with Crippen molar-refractivity contribution in [3.05, 3.63) is 65.2 Å². The van der Waals surface area contributed by atoms with Crippen LogP contribution in [-0.2, 0) is 0 Å². The molecule has 2 rings (SSSR count). The smallest absolute Gasteiger partial charge is 0.177 e. The Kier molecular flexibility index (Phi) is 5.64. The molecule has 2 aromatic rings. The van der Waals surface area contributed by atoms with Gasteiger partial charge in [0, 0.05) is 17.8 Å². The molecule has 0 aliphatic rings. The quantitative estimate of drug-likeness (QED) is 0.815. The summed E-state index contributed by atoms with van der Waals surface area (Å²) in [4.78, 5) is 1.91. The maximum absolute atomic E-state index is 6.06. The number of benzene rings is 2. The minimum atomic E-state index is 0.566. The Labute approximate surface area is 147 Å². The lowest BCUT2D eigenvalue weighted by Gasteiger charge is -2.28. The first-order valence-electron chi connectivity index (χ1n) is 7.09. The predicted octanol–water partition coefficient (Wildman–Crippen LogP) is 4.64. The van der Waals surface area contributed by atoms with Crippen molar-refractivity contribution >= 4 is 40.3 Å². The summed E-state index contributed by atoms with van der Waals surface area (Å²) in [7, 11) is 3.44. The molecular formula is C18H19ClN2OS. The predicted molar refractivity (Wildman–Crippen MR) is 102 cm³/mol. The molecule has 0 heterocycles. The van der Waals surface area contributed by atoms with E-state index in [0.29, 0.717) is 10.1 Å². The summed E-state index contributed by atoms with van der Waals surface area (Å²) in [6, 6.07) is 13.4. The van der Waals surface area contributed by atoms with Crippen LogP contribution in [0.3, 0.4) is 0 Å². The van der Waals surface area contributed by atoms with Crippen molar-refractivity contribution in [3.8, 4) is 5.75 Å². The third-order valence-corrected chi connectivity index (χ3v) is 4.13. The summed E-state index contributed by atoms with van der Waals surface area (Å²) in [6.45, 7) is 6.21. The molecule has 1 N–H and O–H groups in total. The molecule has 0 atom stereocenters. The van der Waals surface area contributed by atoms with Gasteiger partial charge < -0.3 is 10.1 Å². The maximum Gasteiger partial charge on any atom is 0.177 e. The van der Waals surface area contributed by atoms with Gasteiger partial charge in [-0.3, -0.25) is 4.90 Å². The number of halogens is 1. The zero-order chi connectivity index (χ0) is 17.0. The number of hydrogen-bond donors (Lipinski definition) is 1. The fourth-order valence-electron chi connectivity index (χ4n) is 2.27. The normalized spacial score (nSPS) is 10.1. The maximum atomic E-state index is 6.06. The zero-order valence-electron chi connectivity index (χ0n) is 13.4. The molecule has 0 aliphatic carbocycles. The van der Waals surface area contributed by atoms with E-state index in [1.807, 2.05) is 54.3 Å². The first kappa shape index (κ1) is 17.3. The Morgan fingerprint density at radius 3 is 2.39 bits per heavy atom. The number of methoxy groups -OCH3 is 1. The summed E-state index contributed by atoms with van der Waals surface area (Å²) in [5, 5.41) is 4.27. The average Bonchev–Trinajstić information content (AvgIpc) is 2.56. The summed E-state index contributed by atoms with van der Waals surface area (Å²) >= 11 is 11.5. The van der Waals surface area contributed by atoms with Gasteiger partial charge in [-0.15, -0.1) is 0 Å². The Hall–Kier alpha value is -2.04. The van der Waals surface area contributed by atoms with E-state index < -0.39 is 0 Å². The van der Waals surface area contributed by atoms with Crippen LogP contribution in [0.1, 0.15) is 11.1 Å². The third kappa shape index (κ3) is 3.84. The van der Waals surface area contributed by atoms with Crippen LogP contribution in [0.15, 0.2) is 49.0 Å². The number of hydrogen-bond acceptors (Lipinski definition) is 2. The lowest BCUT2D eigenvalue weighted by Crippen LogP contribution is -2.36. The summed E-state index contributed by atoms with van der Waals surface area (Å²) in [6.07, 6.45) is 0. The lowest BCUT2D eigenvalue weighted by molar-refractivity contribution is 0.415. The van der Waals surface area contributed by atoms with Crippen molar-refractivity contribution in [2.75, 3.05) is 19.1 Å². The van der Waals surface area contributed by atoms with E-state index in [2.05, 4.69) is 11.9 Å². The van der Waals surface area contributed by atoms with E-state index in [9.17, 15) is 0 Å². The molecule has 120 valence electrons. The van der Waals surface area contributed by atoms with Gasteiger partial charge in [0.2, 0.25) is 0 Å². The minimum absolute atomic E-state index is 0.566. The van der Waals surface area contributed by atoms with E-state index in [1.165, 1.54) is 0 Å². The molecule has 0 saturated heterocycles. The highest BCUT2D eigenvalue weighted by Crippen LogP contribution is 2.30. The van der Waals surface area contributed by atoms with Crippen molar-refractivity contribution in [1.29, 1.82) is 0 Å². The van der Waals surface area contributed by atoms with Gasteiger partial charge in [0.25, 0.3) is 0 Å². The van der Waals surface area contributed by atoms with Gasteiger partial charge in [-0.2, -0.15) is 0 Å². The molecule has 0 bridgehead atoms. The van der Waals surface area contributed by atoms with Crippen molar-refractivity contribution in [2.45, 2.75) is 6.92 Å². The summed E-state index contributed by atoms with van der Waals surface area (Å²) in [5.41, 5.74) is 3.69. The molecular weight excluding hydrogens is 328 g/mol. The Bertz CT molecular complexity index is 728. The molecule has 0 spiro atoms. The highest BCUT2D eigenvalue weighted by Gasteiger charge is 2.18. The Morgan fingerprint density at radius 1 is 1.22 bits per heavy atom. The van der Waals surface area contributed by atoms with Crippen molar-refractivity contribution < 1.29 is 4.74 Å². The van der Waals surface area contributed by atoms with Crippen molar-refractivity contribution in [3.63, 3.8) is 0 Å². The van der Waals surface area contributed by atoms with Crippen LogP contribution in [0, 0.1) is 6.92 Å². The van der Waals surface area contributed by atoms with E-state index in [0.717, 1.165) is 28.3 Å². The number of nitrogens with zero attached hydrogens (tertiary/aromatic N) is 1. The molecule has 2 aromatic carbocycles. The van der Waals surface area contributed by atoms with E-state index >= 15 is 0 Å². The van der Waals surface area contributed by atoms with Gasteiger partial charge >= 0.3 is 0 Å². The monoisotopic (exact) mass is 346 g/mol. The van der Waals surface area contributed by atoms with Crippen LogP contribution in [-0.4, -0.2) is 19.3 Å². The molecule has 23 heavy (non-hydrogen) atoms. The van der Waals surface area contributed by atoms with Gasteiger partial charge in [-0.05, 0) is 72.7 Å². The second kappa shape index (κ2) is 7.49. The minimum Gasteiger partial charge on any atom is -0.497 e. The second-order valence-corrected chi connectivity index (χ2v) is 5.82. The molecule has 0 aromatic heterocycles. The zero-order valence-corrected chi connectivity index (χ0v) is 15.0. The van der Waals surface area contributed by atoms with E-state index in [-0.39, 0.29) is 0 Å². The topological polar surface area (TPSA) is 24.5 Å². The number of ether oxygens (including phenoxy) is 1. The number of anilines is 1. The van der Waals surface area contributed by atoms with E-state index in [4.69, 9.17) is 28.6 Å². The van der Waals surface area contributed by atoms with Crippen LogP contribution in [0.5, 0.6) is 5.75 Å². The van der Waals surface area contributed by atoms with E-state index in [1.54, 1.807) is 14.2 Å². The lowest BCUT2D eigenvalue weighted by atomic mass is 10.1. The largest absolute Gasteiger partial charge is 0.497 e. The highest BCUT2D eigenvalue weighted by atomic mass is 35.5. The Morgan fingerprint density at radius 2 is 1.87 bits per heavy atom. The fourth-order valence-corrected chi connectivity index (χ4v) is 2.71. The average molecular weight is 347 g/mol. The van der Waals surface area contributed by atoms with Crippen LogP contribution < -0.4 is 15.0 Å². The summed E-state index contributed by atoms with van der Waals surface area (Å²) in [5.74, 6) is 0.798. The number of rotatable bonds is 4. The van der Waals surface area contributed by atoms with Gasteiger partial charge in [-0.1, -0.05) is 18.2 Å². The SMILES string of the molecule is C=C(c1ccc(OC)cc1)N(C(=S)NC)c1ccc(Cl)cc1C. The van der Waals surface area contributed by atoms with Gasteiger partial charge in [0.05, 0.1) is 12.8 Å². The molecule has 3 nitrogen and oxygen atoms in total. The first-order valence-corrected chi connectivity index (χ1v) is 7.88. The number of aryl methyl sites for hydroxylation is 1. The van der Waals surface area contributed by atoms with Gasteiger partial charge in [-0.25, -0.2) is 0 Å². The standard InChI is InChI=1S/C18H19ClN2OS/c1-12-11-15(19)7-10-17(12)21(18(23)20-3)13(2)14-5-8-16(22-4)9-6-14/h5-11H,2H2,1,3-4H3,(H,20,23). The van der Waals surface area contributed by atoms with Crippen LogP contribution in [0.4, 0.5) is 5.69 Å². The molecule has 0 amide bonds. The second-order valence-electron chi connectivity index (χ2n) is 5.00. The molecule has 0 aliphatic heterocycles. The number of nitrogens with one attached hydrogen (secondary N) is 1. The highest BCUT2D eigenvalue weighted by molar-refractivity contribution is 7.80. The van der Waals surface area contributed by atoms with Crippen LogP contribution >= 0.6 is 23.8 Å². The van der Waals surface area contributed by atoms with Crippen molar-refractivity contribution in [2.24, 2.45) is 0 Å². The van der Waals surface area contributed by atoms with Gasteiger partial charge in [0.15, 0.2) is 5.11 Å². The number of thiocarbonyl (C=S) groups is 1. The summed E-state index contributed by atoms with van der Waals surface area (Å²) < 4.78 is 5.20. The molecule has 5 heteroatoms. The molecule has 0 saturated carbocycles. The molecule has 0 unspecified atom stereocenters. The molecule has 0 radical (unpaired) electrons. The first-order chi connectivity index (χ1) is 11.0. The Balaban J connectivity index is 2.45.